The molecule has 0 saturated carbocycles. The second-order valence-corrected chi connectivity index (χ2v) is 7.52. The molecule has 0 spiro atoms. The molecule has 2 heterocycles. The standard InChI is InChI=1S/C16H25ClN6O2/c1-16(2,3)25-15(24)23-6-4-10(5-7-23)9-20-11-8-12(17)21-22-13(11)14(18)19/h8,10H,4-7,9H2,1-3H3,(H3,18,19)(H,20,21). The Morgan fingerprint density at radius 1 is 1.44 bits per heavy atom. The van der Waals surface area contributed by atoms with E-state index in [1.165, 1.54) is 0 Å². The maximum Gasteiger partial charge on any atom is 0.410 e. The highest BCUT2D eigenvalue weighted by molar-refractivity contribution is 6.29. The molecule has 2 rings (SSSR count). The van der Waals surface area contributed by atoms with Crippen LogP contribution in [0.2, 0.25) is 5.15 Å². The van der Waals surface area contributed by atoms with Crippen molar-refractivity contribution in [2.24, 2.45) is 11.7 Å². The average Bonchev–Trinajstić information content (AvgIpc) is 2.51. The summed E-state index contributed by atoms with van der Waals surface area (Å²) in [6, 6.07) is 1.61. The highest BCUT2D eigenvalue weighted by Crippen LogP contribution is 2.22. The van der Waals surface area contributed by atoms with E-state index in [0.717, 1.165) is 12.8 Å². The van der Waals surface area contributed by atoms with Crippen LogP contribution in [0, 0.1) is 11.3 Å². The molecule has 0 unspecified atom stereocenters. The number of nitrogens with zero attached hydrogens (tertiary/aromatic N) is 3. The van der Waals surface area contributed by atoms with E-state index in [1.807, 2.05) is 20.8 Å². The van der Waals surface area contributed by atoms with Crippen LogP contribution in [-0.4, -0.2) is 52.3 Å². The molecule has 9 heteroatoms. The number of amides is 1. The first-order valence-corrected chi connectivity index (χ1v) is 8.63. The largest absolute Gasteiger partial charge is 0.444 e. The van der Waals surface area contributed by atoms with Crippen LogP contribution in [0.25, 0.3) is 0 Å². The van der Waals surface area contributed by atoms with Crippen molar-refractivity contribution in [2.45, 2.75) is 39.2 Å². The number of aromatic nitrogens is 2. The maximum absolute atomic E-state index is 12.1. The highest BCUT2D eigenvalue weighted by Gasteiger charge is 2.26. The van der Waals surface area contributed by atoms with E-state index >= 15 is 0 Å². The minimum atomic E-state index is -0.480. The summed E-state index contributed by atoms with van der Waals surface area (Å²) in [7, 11) is 0. The fourth-order valence-electron chi connectivity index (χ4n) is 2.60. The molecule has 138 valence electrons. The third-order valence-electron chi connectivity index (χ3n) is 3.87. The van der Waals surface area contributed by atoms with Crippen LogP contribution in [0.3, 0.4) is 0 Å². The normalized spacial score (nSPS) is 15.8. The first-order valence-electron chi connectivity index (χ1n) is 8.25. The van der Waals surface area contributed by atoms with Crippen LogP contribution in [-0.2, 0) is 4.74 Å². The van der Waals surface area contributed by atoms with Crippen molar-refractivity contribution in [3.63, 3.8) is 0 Å². The highest BCUT2D eigenvalue weighted by atomic mass is 35.5. The number of ether oxygens (including phenoxy) is 1. The molecule has 1 aromatic heterocycles. The number of nitrogens with two attached hydrogens (primary N) is 1. The number of halogens is 1. The summed E-state index contributed by atoms with van der Waals surface area (Å²) in [5.74, 6) is 0.233. The van der Waals surface area contributed by atoms with Gasteiger partial charge in [0.15, 0.2) is 10.8 Å². The second-order valence-electron chi connectivity index (χ2n) is 7.13. The number of hydrogen-bond donors (Lipinski definition) is 3. The van der Waals surface area contributed by atoms with Gasteiger partial charge in [-0.15, -0.1) is 10.2 Å². The summed E-state index contributed by atoms with van der Waals surface area (Å²) in [5, 5.41) is 18.6. The minimum Gasteiger partial charge on any atom is -0.444 e. The van der Waals surface area contributed by atoms with Gasteiger partial charge in [-0.05, 0) is 39.5 Å². The number of carbonyl (C=O) groups is 1. The molecule has 1 saturated heterocycles. The van der Waals surface area contributed by atoms with Gasteiger partial charge in [0.25, 0.3) is 0 Å². The Hall–Kier alpha value is -2.09. The lowest BCUT2D eigenvalue weighted by Gasteiger charge is -2.33. The molecule has 0 atom stereocenters. The summed E-state index contributed by atoms with van der Waals surface area (Å²) < 4.78 is 5.40. The summed E-state index contributed by atoms with van der Waals surface area (Å²) in [6.07, 6.45) is 1.48. The van der Waals surface area contributed by atoms with Gasteiger partial charge in [0, 0.05) is 25.7 Å². The van der Waals surface area contributed by atoms with Gasteiger partial charge in [-0.2, -0.15) is 0 Å². The molecule has 25 heavy (non-hydrogen) atoms. The Balaban J connectivity index is 1.86. The molecule has 0 bridgehead atoms. The van der Waals surface area contributed by atoms with E-state index in [9.17, 15) is 4.79 Å². The van der Waals surface area contributed by atoms with Crippen LogP contribution in [0.5, 0.6) is 0 Å². The maximum atomic E-state index is 12.1. The van der Waals surface area contributed by atoms with Crippen LogP contribution in [0.4, 0.5) is 10.5 Å². The SMILES string of the molecule is CC(C)(C)OC(=O)N1CCC(CNc2cc(Cl)nnc2C(=N)N)CC1. The van der Waals surface area contributed by atoms with Gasteiger partial charge in [-0.25, -0.2) is 4.79 Å². The van der Waals surface area contributed by atoms with Crippen molar-refractivity contribution in [1.82, 2.24) is 15.1 Å². The van der Waals surface area contributed by atoms with Gasteiger partial charge in [0.2, 0.25) is 0 Å². The van der Waals surface area contributed by atoms with Crippen molar-refractivity contribution in [1.29, 1.82) is 5.41 Å². The molecule has 1 amide bonds. The van der Waals surface area contributed by atoms with Crippen molar-refractivity contribution in [3.05, 3.63) is 16.9 Å². The van der Waals surface area contributed by atoms with Crippen molar-refractivity contribution in [3.8, 4) is 0 Å². The van der Waals surface area contributed by atoms with E-state index < -0.39 is 5.60 Å². The number of nitrogens with one attached hydrogen (secondary N) is 2. The van der Waals surface area contributed by atoms with Crippen LogP contribution in [0.1, 0.15) is 39.3 Å². The number of rotatable bonds is 4. The lowest BCUT2D eigenvalue weighted by atomic mass is 9.97. The van der Waals surface area contributed by atoms with Gasteiger partial charge in [-0.1, -0.05) is 11.6 Å². The summed E-state index contributed by atoms with van der Waals surface area (Å²) in [6.45, 7) is 7.60. The van der Waals surface area contributed by atoms with Crippen LogP contribution in [0.15, 0.2) is 6.07 Å². The molecular formula is C16H25ClN6O2. The van der Waals surface area contributed by atoms with Gasteiger partial charge < -0.3 is 20.7 Å². The van der Waals surface area contributed by atoms with Gasteiger partial charge >= 0.3 is 6.09 Å². The summed E-state index contributed by atoms with van der Waals surface area (Å²) in [5.41, 5.74) is 5.92. The average molecular weight is 369 g/mol. The van der Waals surface area contributed by atoms with E-state index in [1.54, 1.807) is 11.0 Å². The number of carbonyl (C=O) groups excluding carboxylic acids is 1. The topological polar surface area (TPSA) is 117 Å². The van der Waals surface area contributed by atoms with E-state index in [-0.39, 0.29) is 22.8 Å². The molecule has 0 radical (unpaired) electrons. The Kier molecular flexibility index (Phi) is 6.05. The summed E-state index contributed by atoms with van der Waals surface area (Å²) >= 11 is 5.87. The molecular weight excluding hydrogens is 344 g/mol. The predicted molar refractivity (Wildman–Crippen MR) is 97.1 cm³/mol. The van der Waals surface area contributed by atoms with E-state index in [4.69, 9.17) is 27.5 Å². The molecule has 1 aliphatic rings. The number of piperidine rings is 1. The van der Waals surface area contributed by atoms with Gasteiger partial charge in [0.05, 0.1) is 5.69 Å². The number of amidine groups is 1. The van der Waals surface area contributed by atoms with E-state index in [0.29, 0.717) is 31.2 Å². The lowest BCUT2D eigenvalue weighted by molar-refractivity contribution is 0.0188. The number of likely N-dealkylation sites (tertiary alicyclic amines) is 1. The Morgan fingerprint density at radius 2 is 2.08 bits per heavy atom. The second kappa shape index (κ2) is 7.86. The van der Waals surface area contributed by atoms with Crippen molar-refractivity contribution >= 4 is 29.2 Å². The zero-order valence-corrected chi connectivity index (χ0v) is 15.6. The Bertz CT molecular complexity index is 638. The van der Waals surface area contributed by atoms with Gasteiger partial charge in [0.1, 0.15) is 11.4 Å². The smallest absolute Gasteiger partial charge is 0.410 e. The molecule has 1 fully saturated rings. The first-order chi connectivity index (χ1) is 11.7. The first kappa shape index (κ1) is 19.2. The van der Waals surface area contributed by atoms with Crippen molar-refractivity contribution < 1.29 is 9.53 Å². The predicted octanol–water partition coefficient (Wildman–Crippen LogP) is 2.47. The molecule has 1 aliphatic heterocycles. The minimum absolute atomic E-state index is 0.161. The zero-order valence-electron chi connectivity index (χ0n) is 14.8. The Labute approximate surface area is 152 Å². The summed E-state index contributed by atoms with van der Waals surface area (Å²) in [4.78, 5) is 13.8. The zero-order chi connectivity index (χ0) is 18.6. The third kappa shape index (κ3) is 5.74. The van der Waals surface area contributed by atoms with Crippen LogP contribution >= 0.6 is 11.6 Å². The number of anilines is 1. The molecule has 0 aliphatic carbocycles. The van der Waals surface area contributed by atoms with E-state index in [2.05, 4.69) is 15.5 Å². The van der Waals surface area contributed by atoms with Crippen LogP contribution < -0.4 is 11.1 Å². The fraction of sp³-hybridized carbons (Fsp3) is 0.625. The number of nitrogen functional groups attached to an aromatic ring is 1. The van der Waals surface area contributed by atoms with Gasteiger partial charge in [-0.3, -0.25) is 5.41 Å². The molecule has 1 aromatic rings. The molecule has 4 N–H and O–H groups in total. The fourth-order valence-corrected chi connectivity index (χ4v) is 2.75. The lowest BCUT2D eigenvalue weighted by Crippen LogP contribution is -2.42. The third-order valence-corrected chi connectivity index (χ3v) is 4.05. The molecule has 0 aromatic carbocycles. The number of hydrogen-bond acceptors (Lipinski definition) is 6. The molecule has 8 nitrogen and oxygen atoms in total. The Morgan fingerprint density at radius 3 is 2.64 bits per heavy atom. The van der Waals surface area contributed by atoms with Crippen molar-refractivity contribution in [2.75, 3.05) is 25.0 Å². The quantitative estimate of drug-likeness (QED) is 0.555. The monoisotopic (exact) mass is 368 g/mol.